The lowest BCUT2D eigenvalue weighted by atomic mass is 10.0. The van der Waals surface area contributed by atoms with Gasteiger partial charge in [0.2, 0.25) is 11.8 Å². The molecule has 0 fully saturated rings. The molecule has 168 valence electrons. The lowest BCUT2D eigenvalue weighted by Gasteiger charge is -2.30. The summed E-state index contributed by atoms with van der Waals surface area (Å²) >= 11 is 1.47. The highest BCUT2D eigenvalue weighted by atomic mass is 32.2. The predicted molar refractivity (Wildman–Crippen MR) is 126 cm³/mol. The Morgan fingerprint density at radius 1 is 1.19 bits per heavy atom. The number of benzene rings is 2. The van der Waals surface area contributed by atoms with Gasteiger partial charge in [0.1, 0.15) is 11.9 Å². The molecule has 1 aliphatic heterocycles. The van der Waals surface area contributed by atoms with E-state index in [0.717, 1.165) is 33.5 Å². The van der Waals surface area contributed by atoms with Crippen molar-refractivity contribution in [2.45, 2.75) is 37.9 Å². The lowest BCUT2D eigenvalue weighted by molar-refractivity contribution is -0.139. The molecule has 2 heterocycles. The molecule has 4 rings (SSSR count). The third kappa shape index (κ3) is 4.39. The Bertz CT molecular complexity index is 1140. The van der Waals surface area contributed by atoms with Crippen LogP contribution in [0.3, 0.4) is 0 Å². The van der Waals surface area contributed by atoms with Crippen LogP contribution in [0.15, 0.2) is 53.6 Å². The number of halogens is 1. The van der Waals surface area contributed by atoms with Crippen molar-refractivity contribution in [1.82, 2.24) is 14.8 Å². The first-order chi connectivity index (χ1) is 15.4. The highest BCUT2D eigenvalue weighted by Crippen LogP contribution is 2.42. The van der Waals surface area contributed by atoms with Crippen LogP contribution in [0.2, 0.25) is 0 Å². The number of carbonyl (C=O) groups excluding carboxylic acids is 2. The normalized spacial score (nSPS) is 16.3. The summed E-state index contributed by atoms with van der Waals surface area (Å²) in [5, 5.41) is 4.97. The SMILES string of the molecule is CC(C)CCNC(=O)C1c2c(n(C)c3ccccc23)SCC(=O)N1Cc1ccc(F)cc1. The van der Waals surface area contributed by atoms with Crippen LogP contribution in [0.4, 0.5) is 4.39 Å². The summed E-state index contributed by atoms with van der Waals surface area (Å²) in [4.78, 5) is 28.4. The number of aryl methyl sites for hydroxylation is 1. The first kappa shape index (κ1) is 22.4. The molecule has 1 unspecified atom stereocenters. The number of nitrogens with one attached hydrogen (secondary N) is 1. The van der Waals surface area contributed by atoms with E-state index in [-0.39, 0.29) is 29.9 Å². The monoisotopic (exact) mass is 453 g/mol. The van der Waals surface area contributed by atoms with Crippen molar-refractivity contribution < 1.29 is 14.0 Å². The van der Waals surface area contributed by atoms with Crippen LogP contribution < -0.4 is 5.32 Å². The van der Waals surface area contributed by atoms with Crippen molar-refractivity contribution >= 4 is 34.5 Å². The Labute approximate surface area is 192 Å². The highest BCUT2D eigenvalue weighted by Gasteiger charge is 2.38. The second-order valence-corrected chi connectivity index (χ2v) is 9.57. The standard InChI is InChI=1S/C25H28FN3O2S/c1-16(2)12-13-27-24(31)23-22-19-6-4-5-7-20(19)28(3)25(22)32-15-21(30)29(23)14-17-8-10-18(26)11-9-17/h4-11,16,23H,12-15H2,1-3H3,(H,27,31). The largest absolute Gasteiger partial charge is 0.354 e. The van der Waals surface area contributed by atoms with Crippen molar-refractivity contribution in [3.63, 3.8) is 0 Å². The molecule has 1 aliphatic rings. The third-order valence-corrected chi connectivity index (χ3v) is 7.02. The fourth-order valence-corrected chi connectivity index (χ4v) is 5.27. The van der Waals surface area contributed by atoms with E-state index in [1.165, 1.54) is 23.9 Å². The fourth-order valence-electron chi connectivity index (χ4n) is 4.17. The average molecular weight is 454 g/mol. The number of amides is 2. The lowest BCUT2D eigenvalue weighted by Crippen LogP contribution is -2.43. The summed E-state index contributed by atoms with van der Waals surface area (Å²) in [5.41, 5.74) is 2.68. The molecular weight excluding hydrogens is 425 g/mol. The molecule has 1 atom stereocenters. The fraction of sp³-hybridized carbons (Fsp3) is 0.360. The van der Waals surface area contributed by atoms with Crippen molar-refractivity contribution in [3.8, 4) is 0 Å². The van der Waals surface area contributed by atoms with Crippen molar-refractivity contribution in [2.24, 2.45) is 13.0 Å². The first-order valence-electron chi connectivity index (χ1n) is 10.9. The number of rotatable bonds is 6. The number of hydrogen-bond acceptors (Lipinski definition) is 3. The van der Waals surface area contributed by atoms with Gasteiger partial charge in [0, 0.05) is 36.6 Å². The Morgan fingerprint density at radius 3 is 2.62 bits per heavy atom. The summed E-state index contributed by atoms with van der Waals surface area (Å²) in [7, 11) is 1.97. The van der Waals surface area contributed by atoms with E-state index in [9.17, 15) is 14.0 Å². The quantitative estimate of drug-likeness (QED) is 0.591. The van der Waals surface area contributed by atoms with Gasteiger partial charge >= 0.3 is 0 Å². The molecular formula is C25H28FN3O2S. The Kier molecular flexibility index (Phi) is 6.55. The van der Waals surface area contributed by atoms with Gasteiger partial charge in [-0.15, -0.1) is 0 Å². The van der Waals surface area contributed by atoms with Gasteiger partial charge in [-0.2, -0.15) is 0 Å². The molecule has 1 aromatic heterocycles. The number of carbonyl (C=O) groups is 2. The first-order valence-corrected chi connectivity index (χ1v) is 11.9. The zero-order valence-corrected chi connectivity index (χ0v) is 19.4. The number of hydrogen-bond donors (Lipinski definition) is 1. The Morgan fingerprint density at radius 2 is 1.91 bits per heavy atom. The second kappa shape index (κ2) is 9.36. The van der Waals surface area contributed by atoms with E-state index in [0.29, 0.717) is 12.5 Å². The van der Waals surface area contributed by atoms with E-state index in [2.05, 4.69) is 23.7 Å². The van der Waals surface area contributed by atoms with Gasteiger partial charge in [0.15, 0.2) is 0 Å². The van der Waals surface area contributed by atoms with Gasteiger partial charge in [0.05, 0.1) is 10.8 Å². The molecule has 0 saturated carbocycles. The molecule has 5 nitrogen and oxygen atoms in total. The predicted octanol–water partition coefficient (Wildman–Crippen LogP) is 4.66. The molecule has 2 aromatic carbocycles. The molecule has 7 heteroatoms. The van der Waals surface area contributed by atoms with Gasteiger partial charge in [-0.25, -0.2) is 4.39 Å². The molecule has 0 aliphatic carbocycles. The minimum atomic E-state index is -0.754. The number of aromatic nitrogens is 1. The Hall–Kier alpha value is -2.80. The number of fused-ring (bicyclic) bond motifs is 3. The molecule has 2 amide bonds. The van der Waals surface area contributed by atoms with Crippen LogP contribution in [0, 0.1) is 11.7 Å². The Balaban J connectivity index is 1.80. The molecule has 0 bridgehead atoms. The van der Waals surface area contributed by atoms with Crippen LogP contribution in [0.1, 0.15) is 37.4 Å². The van der Waals surface area contributed by atoms with Gasteiger partial charge in [-0.3, -0.25) is 9.59 Å². The van der Waals surface area contributed by atoms with E-state index in [1.807, 2.05) is 31.3 Å². The maximum absolute atomic E-state index is 13.6. The van der Waals surface area contributed by atoms with E-state index in [1.54, 1.807) is 17.0 Å². The minimum Gasteiger partial charge on any atom is -0.354 e. The van der Waals surface area contributed by atoms with Gasteiger partial charge < -0.3 is 14.8 Å². The van der Waals surface area contributed by atoms with Gasteiger partial charge in [-0.1, -0.05) is 55.9 Å². The van der Waals surface area contributed by atoms with E-state index >= 15 is 0 Å². The van der Waals surface area contributed by atoms with Crippen molar-refractivity contribution in [3.05, 3.63) is 65.5 Å². The average Bonchev–Trinajstić information content (AvgIpc) is 2.95. The van der Waals surface area contributed by atoms with Crippen LogP contribution in [-0.4, -0.2) is 33.6 Å². The van der Waals surface area contributed by atoms with Gasteiger partial charge in [-0.05, 0) is 36.1 Å². The van der Waals surface area contributed by atoms with Crippen LogP contribution >= 0.6 is 11.8 Å². The zero-order chi connectivity index (χ0) is 22.8. The van der Waals surface area contributed by atoms with Gasteiger partial charge in [0.25, 0.3) is 0 Å². The molecule has 32 heavy (non-hydrogen) atoms. The minimum absolute atomic E-state index is 0.108. The zero-order valence-electron chi connectivity index (χ0n) is 18.6. The molecule has 0 saturated heterocycles. The molecule has 1 N–H and O–H groups in total. The van der Waals surface area contributed by atoms with E-state index in [4.69, 9.17) is 0 Å². The maximum atomic E-state index is 13.6. The number of para-hydroxylation sites is 1. The smallest absolute Gasteiger partial charge is 0.247 e. The number of thioether (sulfide) groups is 1. The van der Waals surface area contributed by atoms with Crippen LogP contribution in [0.25, 0.3) is 10.9 Å². The van der Waals surface area contributed by atoms with Crippen LogP contribution in [0.5, 0.6) is 0 Å². The highest BCUT2D eigenvalue weighted by molar-refractivity contribution is 8.00. The molecule has 3 aromatic rings. The second-order valence-electron chi connectivity index (χ2n) is 8.61. The summed E-state index contributed by atoms with van der Waals surface area (Å²) < 4.78 is 15.5. The van der Waals surface area contributed by atoms with Crippen molar-refractivity contribution in [1.29, 1.82) is 0 Å². The third-order valence-electron chi connectivity index (χ3n) is 5.86. The maximum Gasteiger partial charge on any atom is 0.247 e. The number of nitrogens with zero attached hydrogens (tertiary/aromatic N) is 2. The van der Waals surface area contributed by atoms with Crippen molar-refractivity contribution in [2.75, 3.05) is 12.3 Å². The van der Waals surface area contributed by atoms with Crippen LogP contribution in [-0.2, 0) is 23.2 Å². The summed E-state index contributed by atoms with van der Waals surface area (Å²) in [6, 6.07) is 13.3. The topological polar surface area (TPSA) is 54.3 Å². The van der Waals surface area contributed by atoms with E-state index < -0.39 is 6.04 Å². The molecule has 0 radical (unpaired) electrons. The summed E-state index contributed by atoms with van der Waals surface area (Å²) in [6.45, 7) is 5.02. The summed E-state index contributed by atoms with van der Waals surface area (Å²) in [5.74, 6) is 0.0921. The summed E-state index contributed by atoms with van der Waals surface area (Å²) in [6.07, 6.45) is 0.863. The molecule has 0 spiro atoms.